The second kappa shape index (κ2) is 7.29. The zero-order valence-corrected chi connectivity index (χ0v) is 20.3. The number of rotatable bonds is 2. The summed E-state index contributed by atoms with van der Waals surface area (Å²) in [5.41, 5.74) is 10.8. The predicted molar refractivity (Wildman–Crippen MR) is 136 cm³/mol. The van der Waals surface area contributed by atoms with E-state index in [1.54, 1.807) is 0 Å². The molecule has 0 aliphatic carbocycles. The van der Waals surface area contributed by atoms with Crippen molar-refractivity contribution in [2.24, 2.45) is 7.05 Å². The quantitative estimate of drug-likeness (QED) is 0.215. The van der Waals surface area contributed by atoms with Crippen molar-refractivity contribution < 1.29 is 4.57 Å². The van der Waals surface area contributed by atoms with Gasteiger partial charge in [-0.15, -0.1) is 0 Å². The molecule has 0 N–H and O–H groups in total. The van der Waals surface area contributed by atoms with Gasteiger partial charge in [0.15, 0.2) is 11.9 Å². The number of hydrogen-bond acceptors (Lipinski definition) is 0. The van der Waals surface area contributed by atoms with Crippen molar-refractivity contribution in [2.45, 2.75) is 26.9 Å². The minimum Gasteiger partial charge on any atom is -0.238 e. The van der Waals surface area contributed by atoms with Gasteiger partial charge in [-0.2, -0.15) is 0 Å². The standard InChI is InChI=1S/C29H27N2Si/c1-19-12-17-25(31(4)18-19)26-20(2)13-14-22-23-15-16-24(30-3)27(21-10-8-7-9-11-21)29(23)32(5,6)28(22)26/h7-18H,1-2,4-6H3/q+1. The molecule has 0 amide bonds. The van der Waals surface area contributed by atoms with E-state index in [1.807, 2.05) is 12.1 Å². The molecule has 1 aromatic heterocycles. The van der Waals surface area contributed by atoms with E-state index >= 15 is 0 Å². The summed E-state index contributed by atoms with van der Waals surface area (Å²) in [6.45, 7) is 17.2. The molecule has 5 rings (SSSR count). The molecule has 0 saturated heterocycles. The first-order valence-corrected chi connectivity index (χ1v) is 14.1. The van der Waals surface area contributed by atoms with Crippen LogP contribution in [0.4, 0.5) is 5.69 Å². The Morgan fingerprint density at radius 1 is 0.781 bits per heavy atom. The van der Waals surface area contributed by atoms with Crippen LogP contribution in [0.2, 0.25) is 13.1 Å². The molecule has 3 aromatic carbocycles. The van der Waals surface area contributed by atoms with Crippen molar-refractivity contribution in [3.63, 3.8) is 0 Å². The van der Waals surface area contributed by atoms with E-state index in [0.717, 1.165) is 16.8 Å². The first kappa shape index (κ1) is 20.4. The van der Waals surface area contributed by atoms with Gasteiger partial charge in [-0.1, -0.05) is 67.7 Å². The topological polar surface area (TPSA) is 8.24 Å². The van der Waals surface area contributed by atoms with Crippen LogP contribution in [0.1, 0.15) is 11.1 Å². The van der Waals surface area contributed by atoms with Crippen molar-refractivity contribution in [1.82, 2.24) is 0 Å². The van der Waals surface area contributed by atoms with Crippen molar-refractivity contribution in [1.29, 1.82) is 0 Å². The predicted octanol–water partition coefficient (Wildman–Crippen LogP) is 5.82. The largest absolute Gasteiger partial charge is 0.238 e. The van der Waals surface area contributed by atoms with Crippen LogP contribution in [-0.2, 0) is 7.05 Å². The maximum atomic E-state index is 7.88. The van der Waals surface area contributed by atoms with Crippen LogP contribution in [0.25, 0.3) is 38.4 Å². The molecule has 0 bridgehead atoms. The van der Waals surface area contributed by atoms with Crippen LogP contribution in [0.3, 0.4) is 0 Å². The maximum Gasteiger partial charge on any atom is 0.212 e. The molecule has 1 aliphatic rings. The number of fused-ring (bicyclic) bond motifs is 3. The molecule has 0 fully saturated rings. The van der Waals surface area contributed by atoms with E-state index in [4.69, 9.17) is 6.57 Å². The summed E-state index contributed by atoms with van der Waals surface area (Å²) in [7, 11) is 0.0348. The second-order valence-electron chi connectivity index (χ2n) is 9.37. The molecule has 156 valence electrons. The molecule has 0 radical (unpaired) electrons. The first-order valence-electron chi connectivity index (χ1n) is 11.1. The minimum absolute atomic E-state index is 0.752. The number of aromatic nitrogens is 1. The molecular weight excluding hydrogens is 404 g/mol. The summed E-state index contributed by atoms with van der Waals surface area (Å²) in [6.07, 6.45) is 2.21. The molecule has 0 unspecified atom stereocenters. The fourth-order valence-corrected chi connectivity index (χ4v) is 9.38. The number of nitrogens with zero attached hydrogens (tertiary/aromatic N) is 2. The Hall–Kier alpha value is -3.48. The Morgan fingerprint density at radius 3 is 2.09 bits per heavy atom. The number of hydrogen-bond donors (Lipinski definition) is 0. The highest BCUT2D eigenvalue weighted by atomic mass is 28.3. The van der Waals surface area contributed by atoms with Crippen LogP contribution in [-0.4, -0.2) is 8.07 Å². The van der Waals surface area contributed by atoms with Gasteiger partial charge in [-0.25, -0.2) is 9.41 Å². The third-order valence-electron chi connectivity index (χ3n) is 6.86. The summed E-state index contributed by atoms with van der Waals surface area (Å²) in [4.78, 5) is 3.94. The van der Waals surface area contributed by atoms with Crippen molar-refractivity contribution >= 4 is 24.1 Å². The number of benzene rings is 3. The lowest BCUT2D eigenvalue weighted by Gasteiger charge is -2.25. The lowest BCUT2D eigenvalue weighted by atomic mass is 9.94. The van der Waals surface area contributed by atoms with Crippen molar-refractivity contribution in [3.05, 3.63) is 95.5 Å². The Bertz CT molecular complexity index is 1430. The maximum absolute atomic E-state index is 7.88. The minimum atomic E-state index is -2.11. The highest BCUT2D eigenvalue weighted by Gasteiger charge is 2.43. The molecule has 4 aromatic rings. The summed E-state index contributed by atoms with van der Waals surface area (Å²) in [5, 5.41) is 2.89. The van der Waals surface area contributed by atoms with E-state index in [-0.39, 0.29) is 0 Å². The molecule has 0 spiro atoms. The normalized spacial score (nSPS) is 13.4. The molecule has 3 heteroatoms. The fraction of sp³-hybridized carbons (Fsp3) is 0.172. The third-order valence-corrected chi connectivity index (χ3v) is 10.4. The van der Waals surface area contributed by atoms with Gasteiger partial charge >= 0.3 is 0 Å². The second-order valence-corrected chi connectivity index (χ2v) is 13.6. The molecule has 2 nitrogen and oxygen atoms in total. The van der Waals surface area contributed by atoms with Crippen LogP contribution in [0, 0.1) is 20.4 Å². The Morgan fingerprint density at radius 2 is 1.44 bits per heavy atom. The average molecular weight is 432 g/mol. The molecular formula is C29H27N2Si+. The van der Waals surface area contributed by atoms with Gasteiger partial charge < -0.3 is 0 Å². The molecule has 0 atom stereocenters. The Kier molecular flexibility index (Phi) is 4.65. The summed E-state index contributed by atoms with van der Waals surface area (Å²) in [5.74, 6) is 0. The highest BCUT2D eigenvalue weighted by molar-refractivity contribution is 7.05. The number of pyridine rings is 1. The summed E-state index contributed by atoms with van der Waals surface area (Å²) < 4.78 is 2.26. The van der Waals surface area contributed by atoms with Crippen LogP contribution in [0.15, 0.2) is 72.9 Å². The van der Waals surface area contributed by atoms with E-state index in [9.17, 15) is 0 Å². The van der Waals surface area contributed by atoms with Gasteiger partial charge in [0.1, 0.15) is 15.1 Å². The van der Waals surface area contributed by atoms with E-state index in [1.165, 1.54) is 43.9 Å². The monoisotopic (exact) mass is 431 g/mol. The van der Waals surface area contributed by atoms with Crippen molar-refractivity contribution in [2.75, 3.05) is 0 Å². The lowest BCUT2D eigenvalue weighted by molar-refractivity contribution is -0.660. The van der Waals surface area contributed by atoms with Crippen LogP contribution < -0.4 is 14.9 Å². The Labute approximate surface area is 191 Å². The SMILES string of the molecule is [C-]#[N+]c1ccc2c(c1-c1ccccc1)[Si](C)(C)c1c-2ccc(C)c1-c1ccc(C)c[n+]1C. The van der Waals surface area contributed by atoms with E-state index < -0.39 is 8.07 Å². The Balaban J connectivity index is 1.88. The average Bonchev–Trinajstić information content (AvgIpc) is 3.01. The number of aryl methyl sites for hydroxylation is 3. The molecule has 0 saturated carbocycles. The lowest BCUT2D eigenvalue weighted by Crippen LogP contribution is -2.51. The molecule has 1 aliphatic heterocycles. The van der Waals surface area contributed by atoms with Gasteiger partial charge in [0, 0.05) is 17.2 Å². The van der Waals surface area contributed by atoms with Gasteiger partial charge in [0.05, 0.1) is 6.57 Å². The van der Waals surface area contributed by atoms with Crippen molar-refractivity contribution in [3.8, 4) is 33.5 Å². The molecule has 2 heterocycles. The zero-order valence-electron chi connectivity index (χ0n) is 19.3. The molecule has 32 heavy (non-hydrogen) atoms. The summed E-state index contributed by atoms with van der Waals surface area (Å²) in [6, 6.07) is 23.7. The van der Waals surface area contributed by atoms with Gasteiger partial charge in [0.25, 0.3) is 0 Å². The smallest absolute Gasteiger partial charge is 0.212 e. The van der Waals surface area contributed by atoms with Crippen LogP contribution in [0.5, 0.6) is 0 Å². The van der Waals surface area contributed by atoms with Gasteiger partial charge in [-0.05, 0) is 58.1 Å². The van der Waals surface area contributed by atoms with Gasteiger partial charge in [0.2, 0.25) is 5.69 Å². The highest BCUT2D eigenvalue weighted by Crippen LogP contribution is 2.41. The fourth-order valence-electron chi connectivity index (χ4n) is 5.50. The van der Waals surface area contributed by atoms with Gasteiger partial charge in [-0.3, -0.25) is 0 Å². The zero-order chi connectivity index (χ0) is 22.6. The van der Waals surface area contributed by atoms with Crippen LogP contribution >= 0.6 is 0 Å². The third kappa shape index (κ3) is 2.87. The summed E-state index contributed by atoms with van der Waals surface area (Å²) >= 11 is 0. The van der Waals surface area contributed by atoms with E-state index in [0.29, 0.717) is 0 Å². The van der Waals surface area contributed by atoms with E-state index in [2.05, 4.69) is 104 Å². The first-order chi connectivity index (χ1) is 15.3.